The van der Waals surface area contributed by atoms with Gasteiger partial charge in [0.25, 0.3) is 5.56 Å². The molecular formula is C16H14N2O4. The van der Waals surface area contributed by atoms with Gasteiger partial charge in [-0.25, -0.2) is 0 Å². The third kappa shape index (κ3) is 3.15. The lowest BCUT2D eigenvalue weighted by molar-refractivity contribution is -0.137. The number of nitriles is 1. The van der Waals surface area contributed by atoms with Crippen molar-refractivity contribution in [3.63, 3.8) is 0 Å². The van der Waals surface area contributed by atoms with Crippen molar-refractivity contribution in [3.05, 3.63) is 52.3 Å². The van der Waals surface area contributed by atoms with E-state index in [1.165, 1.54) is 6.07 Å². The second-order valence-corrected chi connectivity index (χ2v) is 4.49. The molecule has 22 heavy (non-hydrogen) atoms. The predicted octanol–water partition coefficient (Wildman–Crippen LogP) is 1.87. The molecule has 0 aliphatic heterocycles. The van der Waals surface area contributed by atoms with E-state index in [4.69, 9.17) is 15.1 Å². The van der Waals surface area contributed by atoms with Crippen molar-refractivity contribution in [3.8, 4) is 23.1 Å². The minimum atomic E-state index is -1.15. The van der Waals surface area contributed by atoms with Crippen LogP contribution in [0.3, 0.4) is 0 Å². The third-order valence-electron chi connectivity index (χ3n) is 3.05. The molecule has 0 saturated carbocycles. The van der Waals surface area contributed by atoms with Crippen molar-refractivity contribution in [2.75, 3.05) is 6.61 Å². The zero-order valence-electron chi connectivity index (χ0n) is 11.9. The molecule has 0 unspecified atom stereocenters. The van der Waals surface area contributed by atoms with Crippen molar-refractivity contribution >= 4 is 5.97 Å². The van der Waals surface area contributed by atoms with E-state index in [1.807, 2.05) is 6.92 Å². The fourth-order valence-electron chi connectivity index (χ4n) is 2.10. The van der Waals surface area contributed by atoms with Crippen LogP contribution < -0.4 is 10.3 Å². The molecule has 0 aliphatic rings. The van der Waals surface area contributed by atoms with Gasteiger partial charge in [0.15, 0.2) is 0 Å². The first-order valence-corrected chi connectivity index (χ1v) is 6.65. The number of ether oxygens (including phenoxy) is 1. The predicted molar refractivity (Wildman–Crippen MR) is 79.7 cm³/mol. The smallest absolute Gasteiger partial charge is 0.323 e. The monoisotopic (exact) mass is 298 g/mol. The van der Waals surface area contributed by atoms with Gasteiger partial charge in [0, 0.05) is 0 Å². The van der Waals surface area contributed by atoms with E-state index >= 15 is 0 Å². The first kappa shape index (κ1) is 15.3. The van der Waals surface area contributed by atoms with Crippen LogP contribution in [0.4, 0.5) is 0 Å². The quantitative estimate of drug-likeness (QED) is 0.909. The topological polar surface area (TPSA) is 92.3 Å². The van der Waals surface area contributed by atoms with Gasteiger partial charge in [-0.2, -0.15) is 5.26 Å². The SMILES string of the molecule is CCOc1ccc(-c2ccc(C#N)c(=O)n2CC(=O)O)cc1. The number of carboxylic acids is 1. The second-order valence-electron chi connectivity index (χ2n) is 4.49. The molecule has 1 aromatic heterocycles. The second kappa shape index (κ2) is 6.59. The van der Waals surface area contributed by atoms with Crippen molar-refractivity contribution in [2.24, 2.45) is 0 Å². The average Bonchev–Trinajstić information content (AvgIpc) is 2.50. The van der Waals surface area contributed by atoms with Gasteiger partial charge in [-0.3, -0.25) is 14.2 Å². The number of carbonyl (C=O) groups is 1. The number of rotatable bonds is 5. The summed E-state index contributed by atoms with van der Waals surface area (Å²) in [5.74, 6) is -0.462. The normalized spacial score (nSPS) is 10.0. The summed E-state index contributed by atoms with van der Waals surface area (Å²) in [5, 5.41) is 17.9. The lowest BCUT2D eigenvalue weighted by Crippen LogP contribution is -2.27. The number of aliphatic carboxylic acids is 1. The summed E-state index contributed by atoms with van der Waals surface area (Å²) in [4.78, 5) is 23.1. The summed E-state index contributed by atoms with van der Waals surface area (Å²) in [7, 11) is 0. The highest BCUT2D eigenvalue weighted by atomic mass is 16.5. The van der Waals surface area contributed by atoms with Crippen LogP contribution in [0.2, 0.25) is 0 Å². The molecule has 112 valence electrons. The Morgan fingerprint density at radius 3 is 2.50 bits per heavy atom. The van der Waals surface area contributed by atoms with Crippen LogP contribution in [0.25, 0.3) is 11.3 Å². The van der Waals surface area contributed by atoms with Gasteiger partial charge in [0.1, 0.15) is 23.9 Å². The van der Waals surface area contributed by atoms with Crippen LogP contribution in [0, 0.1) is 11.3 Å². The van der Waals surface area contributed by atoms with E-state index in [2.05, 4.69) is 0 Å². The molecule has 0 spiro atoms. The lowest BCUT2D eigenvalue weighted by Gasteiger charge is -2.12. The first-order valence-electron chi connectivity index (χ1n) is 6.65. The van der Waals surface area contributed by atoms with Crippen molar-refractivity contribution in [1.82, 2.24) is 4.57 Å². The van der Waals surface area contributed by atoms with Crippen LogP contribution in [-0.4, -0.2) is 22.2 Å². The maximum Gasteiger partial charge on any atom is 0.323 e. The molecule has 0 saturated heterocycles. The highest BCUT2D eigenvalue weighted by Crippen LogP contribution is 2.22. The van der Waals surface area contributed by atoms with Gasteiger partial charge in [-0.15, -0.1) is 0 Å². The maximum atomic E-state index is 12.2. The largest absolute Gasteiger partial charge is 0.494 e. The molecule has 0 bridgehead atoms. The molecule has 0 amide bonds. The summed E-state index contributed by atoms with van der Waals surface area (Å²) in [6.07, 6.45) is 0. The molecule has 2 rings (SSSR count). The van der Waals surface area contributed by atoms with Crippen molar-refractivity contribution in [1.29, 1.82) is 5.26 Å². The minimum Gasteiger partial charge on any atom is -0.494 e. The zero-order chi connectivity index (χ0) is 16.1. The van der Waals surface area contributed by atoms with Gasteiger partial charge in [-0.1, -0.05) is 0 Å². The summed E-state index contributed by atoms with van der Waals surface area (Å²) < 4.78 is 6.43. The number of hydrogen-bond acceptors (Lipinski definition) is 4. The van der Waals surface area contributed by atoms with Crippen LogP contribution in [0.5, 0.6) is 5.75 Å². The molecule has 1 heterocycles. The third-order valence-corrected chi connectivity index (χ3v) is 3.05. The van der Waals surface area contributed by atoms with Gasteiger partial charge >= 0.3 is 5.97 Å². The van der Waals surface area contributed by atoms with Gasteiger partial charge in [0.05, 0.1) is 12.3 Å². The number of nitrogens with zero attached hydrogens (tertiary/aromatic N) is 2. The molecule has 0 atom stereocenters. The summed E-state index contributed by atoms with van der Waals surface area (Å²) in [6, 6.07) is 11.7. The van der Waals surface area contributed by atoms with Crippen LogP contribution in [0.1, 0.15) is 12.5 Å². The van der Waals surface area contributed by atoms with Crippen molar-refractivity contribution in [2.45, 2.75) is 13.5 Å². The van der Waals surface area contributed by atoms with E-state index in [0.717, 1.165) is 4.57 Å². The summed E-state index contributed by atoms with van der Waals surface area (Å²) in [5.41, 5.74) is 0.410. The molecule has 1 N–H and O–H groups in total. The number of pyridine rings is 1. The Bertz CT molecular complexity index is 785. The maximum absolute atomic E-state index is 12.2. The standard InChI is InChI=1S/C16H14N2O4/c1-2-22-13-6-3-11(4-7-13)14-8-5-12(9-17)16(21)18(14)10-15(19)20/h3-8H,2,10H2,1H3,(H,19,20). The zero-order valence-corrected chi connectivity index (χ0v) is 11.9. The highest BCUT2D eigenvalue weighted by molar-refractivity contribution is 5.69. The minimum absolute atomic E-state index is 0.0871. The Hall–Kier alpha value is -3.07. The number of benzene rings is 1. The van der Waals surface area contributed by atoms with E-state index in [0.29, 0.717) is 23.6 Å². The number of carboxylic acid groups (broad SMARTS) is 1. The Labute approximate surface area is 126 Å². The number of hydrogen-bond donors (Lipinski definition) is 1. The van der Waals surface area contributed by atoms with E-state index in [1.54, 1.807) is 36.4 Å². The fourth-order valence-corrected chi connectivity index (χ4v) is 2.10. The van der Waals surface area contributed by atoms with Crippen molar-refractivity contribution < 1.29 is 14.6 Å². The molecule has 2 aromatic rings. The van der Waals surface area contributed by atoms with Gasteiger partial charge in [0.2, 0.25) is 0 Å². The Balaban J connectivity index is 2.54. The molecule has 6 heteroatoms. The molecule has 0 radical (unpaired) electrons. The van der Waals surface area contributed by atoms with Gasteiger partial charge < -0.3 is 9.84 Å². The Morgan fingerprint density at radius 1 is 1.27 bits per heavy atom. The van der Waals surface area contributed by atoms with Gasteiger partial charge in [-0.05, 0) is 48.9 Å². The Morgan fingerprint density at radius 2 is 1.95 bits per heavy atom. The van der Waals surface area contributed by atoms with Crippen LogP contribution in [-0.2, 0) is 11.3 Å². The molecule has 1 aromatic carbocycles. The lowest BCUT2D eigenvalue weighted by atomic mass is 10.1. The Kier molecular flexibility index (Phi) is 4.59. The first-order chi connectivity index (χ1) is 10.6. The van der Waals surface area contributed by atoms with Crippen LogP contribution in [0.15, 0.2) is 41.2 Å². The summed E-state index contributed by atoms with van der Waals surface area (Å²) >= 11 is 0. The summed E-state index contributed by atoms with van der Waals surface area (Å²) in [6.45, 7) is 1.91. The fraction of sp³-hybridized carbons (Fsp3) is 0.188. The highest BCUT2D eigenvalue weighted by Gasteiger charge is 2.13. The average molecular weight is 298 g/mol. The van der Waals surface area contributed by atoms with Crippen LogP contribution >= 0.6 is 0 Å². The molecular weight excluding hydrogens is 284 g/mol. The number of aromatic nitrogens is 1. The molecule has 6 nitrogen and oxygen atoms in total. The molecule has 0 aliphatic carbocycles. The van der Waals surface area contributed by atoms with E-state index in [9.17, 15) is 9.59 Å². The molecule has 0 fully saturated rings. The van der Waals surface area contributed by atoms with E-state index in [-0.39, 0.29) is 5.56 Å². The van der Waals surface area contributed by atoms with E-state index < -0.39 is 18.1 Å².